The zero-order valence-corrected chi connectivity index (χ0v) is 29.4. The maximum atomic E-state index is 12.7. The van der Waals surface area contributed by atoms with E-state index in [1.807, 2.05) is 78.9 Å². The van der Waals surface area contributed by atoms with Crippen molar-refractivity contribution in [2.24, 2.45) is 0 Å². The molecule has 3 atom stereocenters. The number of amides is 2. The predicted octanol–water partition coefficient (Wildman–Crippen LogP) is 8.63. The highest BCUT2D eigenvalue weighted by molar-refractivity contribution is 8.01. The zero-order chi connectivity index (χ0) is 34.7. The molecule has 11 heteroatoms. The fraction of sp³-hybridized carbons (Fsp3) is 0.308. The SMILES string of the molecule is Nc1ccccc1NC(=O)CCCCCCC(=O)Nc1ccc(C2OC(CSc3nc4ccccc4s3)CC(c3ccc(CO)cc3)O2)cc1. The van der Waals surface area contributed by atoms with Gasteiger partial charge in [0.25, 0.3) is 0 Å². The van der Waals surface area contributed by atoms with E-state index in [4.69, 9.17) is 20.2 Å². The number of nitrogens with zero attached hydrogens (tertiary/aromatic N) is 1. The van der Waals surface area contributed by atoms with Crippen LogP contribution in [-0.4, -0.2) is 33.8 Å². The third-order valence-electron chi connectivity index (χ3n) is 8.54. The summed E-state index contributed by atoms with van der Waals surface area (Å²) in [6.07, 6.45) is 3.92. The Morgan fingerprint density at radius 1 is 0.820 bits per heavy atom. The summed E-state index contributed by atoms with van der Waals surface area (Å²) in [5.41, 5.74) is 11.6. The molecule has 0 spiro atoms. The Morgan fingerprint density at radius 3 is 2.22 bits per heavy atom. The van der Waals surface area contributed by atoms with Crippen LogP contribution < -0.4 is 16.4 Å². The van der Waals surface area contributed by atoms with E-state index in [0.29, 0.717) is 36.3 Å². The van der Waals surface area contributed by atoms with Crippen LogP contribution in [0.3, 0.4) is 0 Å². The first-order valence-corrected chi connectivity index (χ1v) is 18.8. The van der Waals surface area contributed by atoms with Crippen LogP contribution >= 0.6 is 23.1 Å². The first-order valence-electron chi connectivity index (χ1n) is 17.0. The molecule has 1 aliphatic heterocycles. The molecule has 9 nitrogen and oxygen atoms in total. The summed E-state index contributed by atoms with van der Waals surface area (Å²) in [5.74, 6) is 0.632. The van der Waals surface area contributed by atoms with Gasteiger partial charge in [-0.05, 0) is 60.4 Å². The molecule has 6 rings (SSSR count). The monoisotopic (exact) mass is 710 g/mol. The second-order valence-corrected chi connectivity index (χ2v) is 14.6. The Bertz CT molecular complexity index is 1830. The van der Waals surface area contributed by atoms with Gasteiger partial charge in [0.15, 0.2) is 10.6 Å². The number of carbonyl (C=O) groups excluding carboxylic acids is 2. The predicted molar refractivity (Wildman–Crippen MR) is 201 cm³/mol. The Balaban J connectivity index is 0.982. The zero-order valence-electron chi connectivity index (χ0n) is 27.8. The largest absolute Gasteiger partial charge is 0.397 e. The van der Waals surface area contributed by atoms with E-state index in [9.17, 15) is 14.7 Å². The summed E-state index contributed by atoms with van der Waals surface area (Å²) in [6.45, 7) is -0.00589. The molecule has 2 amide bonds. The number of rotatable bonds is 15. The number of aliphatic hydroxyl groups excluding tert-OH is 1. The van der Waals surface area contributed by atoms with Gasteiger partial charge < -0.3 is 30.9 Å². The van der Waals surface area contributed by atoms with Gasteiger partial charge in [-0.3, -0.25) is 9.59 Å². The molecule has 1 aromatic heterocycles. The number of hydrogen-bond donors (Lipinski definition) is 4. The second kappa shape index (κ2) is 17.6. The minimum Gasteiger partial charge on any atom is -0.397 e. The number of carbonyl (C=O) groups is 2. The van der Waals surface area contributed by atoms with Crippen molar-refractivity contribution in [3.05, 3.63) is 114 Å². The number of nitrogen functional groups attached to an aromatic ring is 1. The highest BCUT2D eigenvalue weighted by Crippen LogP contribution is 2.40. The van der Waals surface area contributed by atoms with Crippen molar-refractivity contribution < 1.29 is 24.2 Å². The fourth-order valence-electron chi connectivity index (χ4n) is 5.80. The molecule has 5 N–H and O–H groups in total. The van der Waals surface area contributed by atoms with Crippen LogP contribution in [0.1, 0.15) is 74.0 Å². The molecule has 260 valence electrons. The first-order chi connectivity index (χ1) is 24.4. The molecule has 4 aromatic carbocycles. The lowest BCUT2D eigenvalue weighted by atomic mass is 10.0. The maximum absolute atomic E-state index is 12.7. The first kappa shape index (κ1) is 35.6. The van der Waals surface area contributed by atoms with Crippen molar-refractivity contribution in [3.63, 3.8) is 0 Å². The van der Waals surface area contributed by atoms with E-state index >= 15 is 0 Å². The molecule has 3 unspecified atom stereocenters. The number of aliphatic hydroxyl groups is 1. The summed E-state index contributed by atoms with van der Waals surface area (Å²) in [4.78, 5) is 29.6. The van der Waals surface area contributed by atoms with Crippen molar-refractivity contribution in [1.82, 2.24) is 4.98 Å². The highest BCUT2D eigenvalue weighted by atomic mass is 32.2. The number of unbranched alkanes of at least 4 members (excludes halogenated alkanes) is 3. The van der Waals surface area contributed by atoms with E-state index in [-0.39, 0.29) is 30.6 Å². The van der Waals surface area contributed by atoms with E-state index in [1.165, 1.54) is 4.70 Å². The van der Waals surface area contributed by atoms with Gasteiger partial charge in [0.2, 0.25) is 11.8 Å². The van der Waals surface area contributed by atoms with Crippen LogP contribution in [0.5, 0.6) is 0 Å². The summed E-state index contributed by atoms with van der Waals surface area (Å²) >= 11 is 3.39. The van der Waals surface area contributed by atoms with Crippen LogP contribution in [0.15, 0.2) is 101 Å². The summed E-state index contributed by atoms with van der Waals surface area (Å²) in [5, 5.41) is 15.4. The Hall–Kier alpha value is -4.26. The number of ether oxygens (including phenoxy) is 2. The Morgan fingerprint density at radius 2 is 1.50 bits per heavy atom. The number of thioether (sulfide) groups is 1. The maximum Gasteiger partial charge on any atom is 0.224 e. The lowest BCUT2D eigenvalue weighted by Crippen LogP contribution is -2.31. The van der Waals surface area contributed by atoms with Gasteiger partial charge in [-0.15, -0.1) is 11.3 Å². The normalized spacial score (nSPS) is 17.4. The minimum absolute atomic E-state index is 0.00589. The van der Waals surface area contributed by atoms with Gasteiger partial charge in [0, 0.05) is 36.3 Å². The van der Waals surface area contributed by atoms with Gasteiger partial charge >= 0.3 is 0 Å². The quantitative estimate of drug-likeness (QED) is 0.0482. The van der Waals surface area contributed by atoms with Gasteiger partial charge in [0.1, 0.15) is 0 Å². The number of anilines is 3. The van der Waals surface area contributed by atoms with Crippen LogP contribution in [-0.2, 0) is 25.7 Å². The molecule has 0 saturated carbocycles. The molecule has 50 heavy (non-hydrogen) atoms. The molecule has 1 fully saturated rings. The number of nitrogens with two attached hydrogens (primary N) is 1. The van der Waals surface area contributed by atoms with Gasteiger partial charge in [-0.25, -0.2) is 4.98 Å². The molecule has 0 aliphatic carbocycles. The van der Waals surface area contributed by atoms with Gasteiger partial charge in [-0.2, -0.15) is 0 Å². The minimum atomic E-state index is -0.580. The van der Waals surface area contributed by atoms with E-state index < -0.39 is 6.29 Å². The number of benzene rings is 4. The van der Waals surface area contributed by atoms with Crippen LogP contribution in [0.25, 0.3) is 10.2 Å². The van der Waals surface area contributed by atoms with E-state index in [0.717, 1.165) is 58.0 Å². The molecule has 2 heterocycles. The smallest absolute Gasteiger partial charge is 0.224 e. The topological polar surface area (TPSA) is 136 Å². The average Bonchev–Trinajstić information content (AvgIpc) is 3.57. The number of fused-ring (bicyclic) bond motifs is 1. The number of thiazole rings is 1. The van der Waals surface area contributed by atoms with E-state index in [1.54, 1.807) is 35.2 Å². The third kappa shape index (κ3) is 9.92. The second-order valence-electron chi connectivity index (χ2n) is 12.3. The summed E-state index contributed by atoms with van der Waals surface area (Å²) in [7, 11) is 0. The molecule has 1 saturated heterocycles. The van der Waals surface area contributed by atoms with Crippen molar-refractivity contribution in [1.29, 1.82) is 0 Å². The highest BCUT2D eigenvalue weighted by Gasteiger charge is 2.32. The lowest BCUT2D eigenvalue weighted by Gasteiger charge is -2.36. The standard InChI is InChI=1S/C39H42N4O5S2/c40-31-9-5-6-10-32(31)42-37(46)14-4-2-1-3-13-36(45)41-29-21-19-28(20-22-29)38-47-30(23-34(48-38)27-17-15-26(24-44)16-18-27)25-49-39-43-33-11-7-8-12-35(33)50-39/h5-12,15-22,30,34,38,44H,1-4,13-14,23-25,40H2,(H,41,45)(H,42,46). The number of para-hydroxylation sites is 3. The van der Waals surface area contributed by atoms with Crippen LogP contribution in [0.2, 0.25) is 0 Å². The van der Waals surface area contributed by atoms with Gasteiger partial charge in [0.05, 0.1) is 40.4 Å². The van der Waals surface area contributed by atoms with Crippen molar-refractivity contribution in [3.8, 4) is 0 Å². The molecular formula is C39H42N4O5S2. The molecule has 5 aromatic rings. The van der Waals surface area contributed by atoms with E-state index in [2.05, 4.69) is 16.7 Å². The lowest BCUT2D eigenvalue weighted by molar-refractivity contribution is -0.245. The number of hydrogen-bond acceptors (Lipinski definition) is 9. The van der Waals surface area contributed by atoms with Crippen LogP contribution in [0, 0.1) is 0 Å². The van der Waals surface area contributed by atoms with Crippen molar-refractivity contribution in [2.45, 2.75) is 74.4 Å². The fourth-order valence-corrected chi connectivity index (χ4v) is 7.91. The third-order valence-corrected chi connectivity index (χ3v) is 10.9. The Kier molecular flexibility index (Phi) is 12.5. The average molecular weight is 711 g/mol. The number of aromatic nitrogens is 1. The summed E-state index contributed by atoms with van der Waals surface area (Å²) < 4.78 is 15.2. The molecule has 1 aliphatic rings. The molecule has 0 radical (unpaired) electrons. The van der Waals surface area contributed by atoms with Gasteiger partial charge in [-0.1, -0.05) is 85.3 Å². The van der Waals surface area contributed by atoms with Crippen molar-refractivity contribution >= 4 is 62.2 Å². The van der Waals surface area contributed by atoms with Crippen LogP contribution in [0.4, 0.5) is 17.1 Å². The van der Waals surface area contributed by atoms with Crippen molar-refractivity contribution in [2.75, 3.05) is 22.1 Å². The molecule has 0 bridgehead atoms. The Labute approximate surface area is 300 Å². The summed E-state index contributed by atoms with van der Waals surface area (Å²) in [6, 6.07) is 30.9. The molecular weight excluding hydrogens is 669 g/mol. The number of nitrogens with one attached hydrogen (secondary N) is 2.